The van der Waals surface area contributed by atoms with Gasteiger partial charge in [-0.05, 0) is 20.8 Å². The number of hydrogen-bond acceptors (Lipinski definition) is 4. The van der Waals surface area contributed by atoms with E-state index in [9.17, 15) is 4.79 Å². The van der Waals surface area contributed by atoms with Gasteiger partial charge in [-0.25, -0.2) is 0 Å². The van der Waals surface area contributed by atoms with Gasteiger partial charge in [-0.2, -0.15) is 0 Å². The average molecular weight is 251 g/mol. The minimum atomic E-state index is -0.00961. The number of pyridine rings is 1. The smallest absolute Gasteiger partial charge is 0.234 e. The molecule has 0 aromatic carbocycles. The summed E-state index contributed by atoms with van der Waals surface area (Å²) in [4.78, 5) is 15.8. The zero-order valence-electron chi connectivity index (χ0n) is 11.4. The molecule has 0 fully saturated rings. The molecule has 0 aliphatic rings. The Hall–Kier alpha value is -1.62. The second kappa shape index (κ2) is 6.96. The van der Waals surface area contributed by atoms with Gasteiger partial charge in [0.25, 0.3) is 0 Å². The Bertz CT molecular complexity index is 405. The first-order valence-electron chi connectivity index (χ1n) is 6.03. The van der Waals surface area contributed by atoms with Crippen LogP contribution in [0.2, 0.25) is 0 Å². The van der Waals surface area contributed by atoms with Gasteiger partial charge in [-0.15, -0.1) is 0 Å². The van der Waals surface area contributed by atoms with Crippen molar-refractivity contribution in [1.29, 1.82) is 0 Å². The number of ether oxygens (including phenoxy) is 1. The van der Waals surface area contributed by atoms with Gasteiger partial charge >= 0.3 is 0 Å². The SMILES string of the molecule is COc1cc(C)nc(CNCC(=O)NC(C)C)c1. The summed E-state index contributed by atoms with van der Waals surface area (Å²) in [5.74, 6) is 0.774. The Balaban J connectivity index is 2.44. The summed E-state index contributed by atoms with van der Waals surface area (Å²) in [7, 11) is 1.63. The van der Waals surface area contributed by atoms with Crippen molar-refractivity contribution in [1.82, 2.24) is 15.6 Å². The molecule has 18 heavy (non-hydrogen) atoms. The second-order valence-corrected chi connectivity index (χ2v) is 4.47. The minimum absolute atomic E-state index is 0.00961. The maximum absolute atomic E-state index is 11.4. The third kappa shape index (κ3) is 5.14. The number of methoxy groups -OCH3 is 1. The molecule has 0 aliphatic carbocycles. The summed E-state index contributed by atoms with van der Waals surface area (Å²) < 4.78 is 5.17. The van der Waals surface area contributed by atoms with E-state index in [0.717, 1.165) is 17.1 Å². The average Bonchev–Trinajstić information content (AvgIpc) is 2.27. The molecule has 0 saturated heterocycles. The van der Waals surface area contributed by atoms with Crippen LogP contribution in [0.1, 0.15) is 25.2 Å². The van der Waals surface area contributed by atoms with E-state index in [1.165, 1.54) is 0 Å². The molecule has 1 rings (SSSR count). The lowest BCUT2D eigenvalue weighted by atomic mass is 10.3. The van der Waals surface area contributed by atoms with Crippen molar-refractivity contribution >= 4 is 5.91 Å². The van der Waals surface area contributed by atoms with Gasteiger partial charge in [0.2, 0.25) is 5.91 Å². The largest absolute Gasteiger partial charge is 0.497 e. The van der Waals surface area contributed by atoms with E-state index < -0.39 is 0 Å². The number of nitrogens with zero attached hydrogens (tertiary/aromatic N) is 1. The summed E-state index contributed by atoms with van der Waals surface area (Å²) in [5, 5.41) is 5.87. The molecule has 2 N–H and O–H groups in total. The van der Waals surface area contributed by atoms with Crippen LogP contribution in [0, 0.1) is 6.92 Å². The summed E-state index contributed by atoms with van der Waals surface area (Å²) in [6.07, 6.45) is 0. The Morgan fingerprint density at radius 2 is 2.17 bits per heavy atom. The Morgan fingerprint density at radius 3 is 2.78 bits per heavy atom. The molecule has 1 aromatic heterocycles. The van der Waals surface area contributed by atoms with E-state index in [0.29, 0.717) is 6.54 Å². The van der Waals surface area contributed by atoms with Gasteiger partial charge in [0.05, 0.1) is 19.3 Å². The molecular weight excluding hydrogens is 230 g/mol. The Morgan fingerprint density at radius 1 is 1.44 bits per heavy atom. The number of nitrogens with one attached hydrogen (secondary N) is 2. The lowest BCUT2D eigenvalue weighted by Crippen LogP contribution is -2.37. The van der Waals surface area contributed by atoms with E-state index in [1.807, 2.05) is 32.9 Å². The highest BCUT2D eigenvalue weighted by Gasteiger charge is 2.04. The molecule has 1 heterocycles. The topological polar surface area (TPSA) is 63.2 Å². The van der Waals surface area contributed by atoms with E-state index in [2.05, 4.69) is 15.6 Å². The van der Waals surface area contributed by atoms with Crippen LogP contribution in [0.25, 0.3) is 0 Å². The molecule has 0 radical (unpaired) electrons. The maximum Gasteiger partial charge on any atom is 0.234 e. The van der Waals surface area contributed by atoms with Crippen molar-refractivity contribution < 1.29 is 9.53 Å². The Kier molecular flexibility index (Phi) is 5.58. The van der Waals surface area contributed by atoms with E-state index in [4.69, 9.17) is 4.74 Å². The van der Waals surface area contributed by atoms with Crippen LogP contribution in [-0.4, -0.2) is 30.6 Å². The van der Waals surface area contributed by atoms with Crippen LogP contribution in [0.15, 0.2) is 12.1 Å². The summed E-state index contributed by atoms with van der Waals surface area (Å²) in [6, 6.07) is 3.89. The highest BCUT2D eigenvalue weighted by molar-refractivity contribution is 5.78. The van der Waals surface area contributed by atoms with Crippen molar-refractivity contribution in [3.63, 3.8) is 0 Å². The number of rotatable bonds is 6. The van der Waals surface area contributed by atoms with Gasteiger partial charge in [0, 0.05) is 30.4 Å². The highest BCUT2D eigenvalue weighted by atomic mass is 16.5. The first-order chi connectivity index (χ1) is 8.51. The van der Waals surface area contributed by atoms with Crippen LogP contribution in [0.4, 0.5) is 0 Å². The quantitative estimate of drug-likeness (QED) is 0.792. The maximum atomic E-state index is 11.4. The predicted octanol–water partition coefficient (Wildman–Crippen LogP) is 1.01. The fourth-order valence-corrected chi connectivity index (χ4v) is 1.59. The van der Waals surface area contributed by atoms with Gasteiger partial charge in [-0.3, -0.25) is 9.78 Å². The van der Waals surface area contributed by atoms with Gasteiger partial charge < -0.3 is 15.4 Å². The van der Waals surface area contributed by atoms with E-state index >= 15 is 0 Å². The first-order valence-corrected chi connectivity index (χ1v) is 6.03. The number of carbonyl (C=O) groups is 1. The fraction of sp³-hybridized carbons (Fsp3) is 0.538. The molecule has 5 nitrogen and oxygen atoms in total. The molecule has 0 spiro atoms. The summed E-state index contributed by atoms with van der Waals surface area (Å²) in [5.41, 5.74) is 1.77. The molecule has 5 heteroatoms. The zero-order chi connectivity index (χ0) is 13.5. The molecular formula is C13H21N3O2. The first kappa shape index (κ1) is 14.4. The standard InChI is InChI=1S/C13H21N3O2/c1-9(2)15-13(17)8-14-7-11-6-12(18-4)5-10(3)16-11/h5-6,9,14H,7-8H2,1-4H3,(H,15,17). The van der Waals surface area contributed by atoms with Crippen LogP contribution in [0.5, 0.6) is 5.75 Å². The zero-order valence-corrected chi connectivity index (χ0v) is 11.4. The normalized spacial score (nSPS) is 10.5. The van der Waals surface area contributed by atoms with E-state index in [-0.39, 0.29) is 18.5 Å². The molecule has 0 bridgehead atoms. The summed E-state index contributed by atoms with van der Waals surface area (Å²) in [6.45, 7) is 6.62. The number of hydrogen-bond donors (Lipinski definition) is 2. The highest BCUT2D eigenvalue weighted by Crippen LogP contribution is 2.12. The number of aromatic nitrogens is 1. The monoisotopic (exact) mass is 251 g/mol. The molecule has 1 aromatic rings. The molecule has 0 aliphatic heterocycles. The number of carbonyl (C=O) groups excluding carboxylic acids is 1. The molecule has 0 atom stereocenters. The van der Waals surface area contributed by atoms with Crippen LogP contribution in [0.3, 0.4) is 0 Å². The second-order valence-electron chi connectivity index (χ2n) is 4.47. The molecule has 1 amide bonds. The van der Waals surface area contributed by atoms with Crippen LogP contribution in [-0.2, 0) is 11.3 Å². The van der Waals surface area contributed by atoms with Crippen molar-refractivity contribution in [3.8, 4) is 5.75 Å². The van der Waals surface area contributed by atoms with Crippen molar-refractivity contribution in [3.05, 3.63) is 23.5 Å². The van der Waals surface area contributed by atoms with E-state index in [1.54, 1.807) is 7.11 Å². The lowest BCUT2D eigenvalue weighted by Gasteiger charge is -2.10. The van der Waals surface area contributed by atoms with Gasteiger partial charge in [-0.1, -0.05) is 0 Å². The van der Waals surface area contributed by atoms with Crippen molar-refractivity contribution in [2.45, 2.75) is 33.4 Å². The Labute approximate surface area is 108 Å². The van der Waals surface area contributed by atoms with Crippen molar-refractivity contribution in [2.75, 3.05) is 13.7 Å². The van der Waals surface area contributed by atoms with Gasteiger partial charge in [0.15, 0.2) is 0 Å². The van der Waals surface area contributed by atoms with Crippen LogP contribution < -0.4 is 15.4 Å². The fourth-order valence-electron chi connectivity index (χ4n) is 1.59. The number of amides is 1. The third-order valence-electron chi connectivity index (χ3n) is 2.26. The molecule has 0 unspecified atom stereocenters. The third-order valence-corrected chi connectivity index (χ3v) is 2.26. The minimum Gasteiger partial charge on any atom is -0.497 e. The molecule has 100 valence electrons. The summed E-state index contributed by atoms with van der Waals surface area (Å²) >= 11 is 0. The van der Waals surface area contributed by atoms with Gasteiger partial charge in [0.1, 0.15) is 5.75 Å². The van der Waals surface area contributed by atoms with Crippen molar-refractivity contribution in [2.24, 2.45) is 0 Å². The van der Waals surface area contributed by atoms with Crippen LogP contribution >= 0.6 is 0 Å². The number of aryl methyl sites for hydroxylation is 1. The molecule has 0 saturated carbocycles. The predicted molar refractivity (Wildman–Crippen MR) is 70.5 cm³/mol. The lowest BCUT2D eigenvalue weighted by molar-refractivity contribution is -0.120.